The number of hydrogen-bond donors (Lipinski definition) is 2. The molecule has 0 bridgehead atoms. The number of hydrogen-bond acceptors (Lipinski definition) is 3. The summed E-state index contributed by atoms with van der Waals surface area (Å²) < 4.78 is 0. The van der Waals surface area contributed by atoms with Crippen LogP contribution in [-0.4, -0.2) is 28.7 Å². The van der Waals surface area contributed by atoms with Crippen LogP contribution in [0.25, 0.3) is 0 Å². The van der Waals surface area contributed by atoms with E-state index in [0.29, 0.717) is 23.5 Å². The number of carbonyl (C=O) groups excluding carboxylic acids is 1. The summed E-state index contributed by atoms with van der Waals surface area (Å²) in [4.78, 5) is 12.7. The lowest BCUT2D eigenvalue weighted by Gasteiger charge is -2.75. The van der Waals surface area contributed by atoms with Crippen molar-refractivity contribution in [3.05, 3.63) is 0 Å². The van der Waals surface area contributed by atoms with Crippen LogP contribution in [0.2, 0.25) is 0 Å². The van der Waals surface area contributed by atoms with E-state index in [4.69, 9.17) is 0 Å². The molecule has 0 radical (unpaired) electrons. The highest BCUT2D eigenvalue weighted by molar-refractivity contribution is 5.82. The van der Waals surface area contributed by atoms with Gasteiger partial charge in [0.1, 0.15) is 5.78 Å². The predicted octanol–water partition coefficient (Wildman–Crippen LogP) is 6.40. The van der Waals surface area contributed by atoms with Crippen molar-refractivity contribution in [1.29, 1.82) is 0 Å². The van der Waals surface area contributed by atoms with Gasteiger partial charge < -0.3 is 10.2 Å². The van der Waals surface area contributed by atoms with Crippen molar-refractivity contribution in [3.63, 3.8) is 0 Å². The van der Waals surface area contributed by atoms with E-state index in [0.717, 1.165) is 44.9 Å². The second-order valence-corrected chi connectivity index (χ2v) is 15.2. The van der Waals surface area contributed by atoms with Gasteiger partial charge in [-0.25, -0.2) is 0 Å². The standard InChI is InChI=1S/C30H50O3/c1-19-20(32)8-9-21-26(19,4)11-10-22-27(21,5)13-14-28(6)23-16-25(2,3)12-15-30(23,18-31)24(33)17-29(22,28)7/h19,21-24,31,33H,8-18H2,1-7H3/t19-,21+,22-,23-,24+,26+,27-,28-,29+,30+/m0/s1. The molecule has 3 nitrogen and oxygen atoms in total. The van der Waals surface area contributed by atoms with Crippen molar-refractivity contribution < 1.29 is 15.0 Å². The molecule has 10 atom stereocenters. The van der Waals surface area contributed by atoms with Gasteiger partial charge >= 0.3 is 0 Å². The van der Waals surface area contributed by atoms with Crippen molar-refractivity contribution in [2.45, 2.75) is 119 Å². The zero-order chi connectivity index (χ0) is 24.2. The maximum absolute atomic E-state index is 12.7. The Morgan fingerprint density at radius 1 is 0.788 bits per heavy atom. The first kappa shape index (κ1) is 24.3. The first-order valence-corrected chi connectivity index (χ1v) is 14.0. The molecule has 2 N–H and O–H groups in total. The second-order valence-electron chi connectivity index (χ2n) is 15.2. The Balaban J connectivity index is 1.58. The van der Waals surface area contributed by atoms with Gasteiger partial charge in [0, 0.05) is 17.8 Å². The van der Waals surface area contributed by atoms with E-state index in [1.807, 2.05) is 0 Å². The molecular formula is C30H50O3. The Morgan fingerprint density at radius 2 is 1.48 bits per heavy atom. The first-order chi connectivity index (χ1) is 15.2. The summed E-state index contributed by atoms with van der Waals surface area (Å²) in [5.41, 5.74) is 0.518. The van der Waals surface area contributed by atoms with E-state index in [1.54, 1.807) is 0 Å². The van der Waals surface area contributed by atoms with Crippen molar-refractivity contribution >= 4 is 5.78 Å². The topological polar surface area (TPSA) is 57.5 Å². The van der Waals surface area contributed by atoms with Gasteiger partial charge in [0.2, 0.25) is 0 Å². The Hall–Kier alpha value is -0.410. The summed E-state index contributed by atoms with van der Waals surface area (Å²) in [7, 11) is 0. The SMILES string of the molecule is C[C@H]1C(=O)CC[C@@H]2[C@]1(C)CC[C@H]1[C@@]2(C)CC[C@@]2(C)[C@@H]3CC(C)(C)CC[C@]3(CO)[C@H](O)C[C@]12C. The van der Waals surface area contributed by atoms with E-state index in [2.05, 4.69) is 48.5 Å². The molecule has 0 heterocycles. The van der Waals surface area contributed by atoms with Crippen LogP contribution in [0.1, 0.15) is 113 Å². The molecule has 0 saturated heterocycles. The van der Waals surface area contributed by atoms with Crippen molar-refractivity contribution in [2.24, 2.45) is 56.2 Å². The fraction of sp³-hybridized carbons (Fsp3) is 0.967. The number of aliphatic hydroxyl groups is 2. The third-order valence-electron chi connectivity index (χ3n) is 13.8. The molecule has 0 aliphatic heterocycles. The summed E-state index contributed by atoms with van der Waals surface area (Å²) in [6.45, 7) is 17.2. The molecule has 5 fully saturated rings. The Labute approximate surface area is 202 Å². The zero-order valence-electron chi connectivity index (χ0n) is 22.5. The number of rotatable bonds is 1. The van der Waals surface area contributed by atoms with Crippen LogP contribution < -0.4 is 0 Å². The number of Topliss-reactive ketones (excluding diaryl/α,β-unsaturated/α-hetero) is 1. The van der Waals surface area contributed by atoms with Gasteiger partial charge in [0.05, 0.1) is 12.7 Å². The predicted molar refractivity (Wildman–Crippen MR) is 133 cm³/mol. The van der Waals surface area contributed by atoms with Crippen molar-refractivity contribution in [2.75, 3.05) is 6.61 Å². The summed E-state index contributed by atoms with van der Waals surface area (Å²) >= 11 is 0. The third kappa shape index (κ3) is 2.85. The number of fused-ring (bicyclic) bond motifs is 7. The van der Waals surface area contributed by atoms with Crippen LogP contribution in [0.4, 0.5) is 0 Å². The highest BCUT2D eigenvalue weighted by atomic mass is 16.3. The molecule has 5 rings (SSSR count). The minimum Gasteiger partial charge on any atom is -0.396 e. The van der Waals surface area contributed by atoms with Gasteiger partial charge in [0.25, 0.3) is 0 Å². The molecule has 33 heavy (non-hydrogen) atoms. The smallest absolute Gasteiger partial charge is 0.136 e. The first-order valence-electron chi connectivity index (χ1n) is 14.0. The molecule has 0 unspecified atom stereocenters. The van der Waals surface area contributed by atoms with Crippen molar-refractivity contribution in [1.82, 2.24) is 0 Å². The lowest BCUT2D eigenvalue weighted by molar-refractivity contribution is -0.289. The minimum absolute atomic E-state index is 0.0716. The third-order valence-corrected chi connectivity index (χ3v) is 13.8. The average Bonchev–Trinajstić information content (AvgIpc) is 2.73. The molecule has 0 spiro atoms. The monoisotopic (exact) mass is 458 g/mol. The van der Waals surface area contributed by atoms with Crippen LogP contribution >= 0.6 is 0 Å². The molecule has 188 valence electrons. The molecule has 0 amide bonds. The summed E-state index contributed by atoms with van der Waals surface area (Å²) in [5.74, 6) is 2.21. The van der Waals surface area contributed by atoms with E-state index in [1.165, 1.54) is 19.3 Å². The number of carbonyl (C=O) groups is 1. The summed E-state index contributed by atoms with van der Waals surface area (Å²) in [5, 5.41) is 22.5. The van der Waals surface area contributed by atoms with Gasteiger partial charge in [0.15, 0.2) is 0 Å². The largest absolute Gasteiger partial charge is 0.396 e. The van der Waals surface area contributed by atoms with Crippen LogP contribution in [0.15, 0.2) is 0 Å². The van der Waals surface area contributed by atoms with Gasteiger partial charge in [-0.3, -0.25) is 4.79 Å². The molecule has 5 aliphatic carbocycles. The highest BCUT2D eigenvalue weighted by Crippen LogP contribution is 2.78. The van der Waals surface area contributed by atoms with E-state index >= 15 is 0 Å². The van der Waals surface area contributed by atoms with Gasteiger partial charge in [-0.15, -0.1) is 0 Å². The molecule has 0 aromatic heterocycles. The maximum Gasteiger partial charge on any atom is 0.136 e. The van der Waals surface area contributed by atoms with Crippen LogP contribution in [0, 0.1) is 56.2 Å². The average molecular weight is 459 g/mol. The second kappa shape index (κ2) is 7.09. The minimum atomic E-state index is -0.413. The Bertz CT molecular complexity index is 834. The summed E-state index contributed by atoms with van der Waals surface area (Å²) in [6.07, 6.45) is 10.2. The van der Waals surface area contributed by atoms with Crippen LogP contribution in [0.5, 0.6) is 0 Å². The fourth-order valence-corrected chi connectivity index (χ4v) is 11.3. The van der Waals surface area contributed by atoms with Gasteiger partial charge in [-0.05, 0) is 103 Å². The molecular weight excluding hydrogens is 408 g/mol. The number of ketones is 1. The van der Waals surface area contributed by atoms with Crippen molar-refractivity contribution in [3.8, 4) is 0 Å². The normalized spacial score (nSPS) is 58.0. The van der Waals surface area contributed by atoms with Gasteiger partial charge in [-0.2, -0.15) is 0 Å². The molecule has 3 heteroatoms. The summed E-state index contributed by atoms with van der Waals surface area (Å²) in [6, 6.07) is 0. The molecule has 5 saturated carbocycles. The quantitative estimate of drug-likeness (QED) is 0.478. The van der Waals surface area contributed by atoms with Crippen LogP contribution in [0.3, 0.4) is 0 Å². The highest BCUT2D eigenvalue weighted by Gasteiger charge is 2.73. The zero-order valence-corrected chi connectivity index (χ0v) is 22.5. The molecule has 0 aromatic rings. The van der Waals surface area contributed by atoms with E-state index < -0.39 is 6.10 Å². The van der Waals surface area contributed by atoms with Gasteiger partial charge in [-0.1, -0.05) is 48.5 Å². The molecule has 0 aromatic carbocycles. The lowest BCUT2D eigenvalue weighted by atomic mass is 9.29. The molecule has 5 aliphatic rings. The van der Waals surface area contributed by atoms with Crippen LogP contribution in [-0.2, 0) is 4.79 Å². The number of aliphatic hydroxyl groups excluding tert-OH is 2. The fourth-order valence-electron chi connectivity index (χ4n) is 11.3. The lowest BCUT2D eigenvalue weighted by Crippen LogP contribution is -2.71. The van der Waals surface area contributed by atoms with E-state index in [-0.39, 0.29) is 45.0 Å². The maximum atomic E-state index is 12.7. The Morgan fingerprint density at radius 3 is 2.15 bits per heavy atom. The van der Waals surface area contributed by atoms with E-state index in [9.17, 15) is 15.0 Å². The Kier molecular flexibility index (Phi) is 5.22.